The van der Waals surface area contributed by atoms with Crippen LogP contribution in [-0.4, -0.2) is 16.2 Å². The van der Waals surface area contributed by atoms with Crippen molar-refractivity contribution in [3.63, 3.8) is 0 Å². The highest BCUT2D eigenvalue weighted by atomic mass is 19.4. The van der Waals surface area contributed by atoms with Crippen molar-refractivity contribution in [2.45, 2.75) is 25.6 Å². The van der Waals surface area contributed by atoms with E-state index >= 15 is 0 Å². The van der Waals surface area contributed by atoms with Crippen LogP contribution in [0.4, 0.5) is 13.2 Å². The predicted molar refractivity (Wildman–Crippen MR) is 58.7 cm³/mol. The third-order valence-electron chi connectivity index (χ3n) is 2.58. The molecule has 2 N–H and O–H groups in total. The van der Waals surface area contributed by atoms with Crippen LogP contribution in [0.15, 0.2) is 24.3 Å². The lowest BCUT2D eigenvalue weighted by atomic mass is 10.0. The van der Waals surface area contributed by atoms with Gasteiger partial charge >= 0.3 is 6.18 Å². The van der Waals surface area contributed by atoms with Gasteiger partial charge in [0.15, 0.2) is 0 Å². The average Bonchev–Trinajstić information content (AvgIpc) is 2.60. The summed E-state index contributed by atoms with van der Waals surface area (Å²) < 4.78 is 37.6. The van der Waals surface area contributed by atoms with Crippen molar-refractivity contribution < 1.29 is 18.3 Å². The van der Waals surface area contributed by atoms with Crippen LogP contribution < -0.4 is 0 Å². The molecule has 17 heavy (non-hydrogen) atoms. The Morgan fingerprint density at radius 1 is 1.35 bits per heavy atom. The minimum absolute atomic E-state index is 0.340. The number of alkyl halides is 3. The van der Waals surface area contributed by atoms with Gasteiger partial charge in [-0.3, -0.25) is 0 Å². The number of hydrogen-bond acceptors (Lipinski definition) is 1. The van der Waals surface area contributed by atoms with Crippen LogP contribution in [0.25, 0.3) is 10.9 Å². The Bertz CT molecular complexity index is 528. The normalized spacial score (nSPS) is 14.2. The molecule has 2 aromatic rings. The molecule has 5 heteroatoms. The first-order valence-corrected chi connectivity index (χ1v) is 5.24. The number of nitrogens with one attached hydrogen (secondary N) is 1. The number of hydrogen-bond donors (Lipinski definition) is 2. The maximum atomic E-state index is 12.5. The quantitative estimate of drug-likeness (QED) is 0.835. The first-order chi connectivity index (χ1) is 7.88. The van der Waals surface area contributed by atoms with Crippen LogP contribution in [0, 0.1) is 0 Å². The summed E-state index contributed by atoms with van der Waals surface area (Å²) in [6.07, 6.45) is -4.61. The van der Waals surface area contributed by atoms with Crippen molar-refractivity contribution in [2.24, 2.45) is 0 Å². The van der Waals surface area contributed by atoms with Gasteiger partial charge in [0.25, 0.3) is 0 Å². The molecule has 1 aromatic carbocycles. The molecule has 2 rings (SSSR count). The van der Waals surface area contributed by atoms with E-state index < -0.39 is 18.0 Å². The van der Waals surface area contributed by atoms with E-state index in [9.17, 15) is 18.3 Å². The van der Waals surface area contributed by atoms with Gasteiger partial charge in [-0.2, -0.15) is 13.2 Å². The molecule has 0 fully saturated rings. The number of H-pyrrole nitrogens is 1. The van der Waals surface area contributed by atoms with E-state index in [0.717, 1.165) is 6.07 Å². The Morgan fingerprint density at radius 2 is 2.06 bits per heavy atom. The van der Waals surface area contributed by atoms with Gasteiger partial charge in [0.05, 0.1) is 6.10 Å². The number of halogens is 3. The molecule has 0 saturated heterocycles. The Kier molecular flexibility index (Phi) is 2.87. The number of aromatic amines is 1. The van der Waals surface area contributed by atoms with Gasteiger partial charge in [-0.25, -0.2) is 0 Å². The maximum absolute atomic E-state index is 12.5. The minimum atomic E-state index is -4.37. The second-order valence-electron chi connectivity index (χ2n) is 4.11. The first kappa shape index (κ1) is 12.0. The van der Waals surface area contributed by atoms with Gasteiger partial charge in [0, 0.05) is 10.9 Å². The largest absolute Gasteiger partial charge is 0.431 e. The van der Waals surface area contributed by atoms with Crippen LogP contribution >= 0.6 is 0 Å². The second kappa shape index (κ2) is 4.07. The van der Waals surface area contributed by atoms with Gasteiger partial charge in [-0.15, -0.1) is 0 Å². The second-order valence-corrected chi connectivity index (χ2v) is 4.11. The Morgan fingerprint density at radius 3 is 2.65 bits per heavy atom. The number of rotatable bonds is 2. The molecule has 92 valence electrons. The van der Waals surface area contributed by atoms with E-state index in [1.165, 1.54) is 0 Å². The fraction of sp³-hybridized carbons (Fsp3) is 0.333. The number of fused-ring (bicyclic) bond motifs is 1. The SMILES string of the molecule is CC(O)Cc1cccc2[nH]c(C(F)(F)F)cc12. The lowest BCUT2D eigenvalue weighted by Crippen LogP contribution is -2.04. The van der Waals surface area contributed by atoms with Crippen molar-refractivity contribution in [1.82, 2.24) is 4.98 Å². The lowest BCUT2D eigenvalue weighted by molar-refractivity contribution is -0.140. The standard InChI is InChI=1S/C12H12F3NO/c1-7(17)5-8-3-2-4-10-9(8)6-11(16-10)12(13,14)15/h2-4,6-7,16-17H,5H2,1H3. The Balaban J connectivity index is 2.53. The number of aliphatic hydroxyl groups excluding tert-OH is 1. The van der Waals surface area contributed by atoms with Crippen LogP contribution in [0.5, 0.6) is 0 Å². The van der Waals surface area contributed by atoms with E-state index in [1.807, 2.05) is 0 Å². The molecular weight excluding hydrogens is 231 g/mol. The molecule has 1 heterocycles. The van der Waals surface area contributed by atoms with Gasteiger partial charge in [-0.05, 0) is 31.0 Å². The molecule has 1 atom stereocenters. The zero-order chi connectivity index (χ0) is 12.6. The number of aliphatic hydroxyl groups is 1. The van der Waals surface area contributed by atoms with E-state index in [1.54, 1.807) is 25.1 Å². The predicted octanol–water partition coefficient (Wildman–Crippen LogP) is 3.11. The summed E-state index contributed by atoms with van der Waals surface area (Å²) in [5, 5.41) is 9.81. The van der Waals surface area contributed by atoms with Crippen LogP contribution in [-0.2, 0) is 12.6 Å². The molecule has 0 amide bonds. The molecular formula is C12H12F3NO. The Hall–Kier alpha value is -1.49. The summed E-state index contributed by atoms with van der Waals surface area (Å²) in [6, 6.07) is 6.09. The number of benzene rings is 1. The lowest BCUT2D eigenvalue weighted by Gasteiger charge is -2.05. The monoisotopic (exact) mass is 243 g/mol. The zero-order valence-corrected chi connectivity index (χ0v) is 9.17. The summed E-state index contributed by atoms with van der Waals surface area (Å²) >= 11 is 0. The van der Waals surface area contributed by atoms with Crippen molar-refractivity contribution >= 4 is 10.9 Å². The van der Waals surface area contributed by atoms with Crippen molar-refractivity contribution in [3.8, 4) is 0 Å². The third kappa shape index (κ3) is 2.44. The van der Waals surface area contributed by atoms with Crippen LogP contribution in [0.1, 0.15) is 18.2 Å². The fourth-order valence-electron chi connectivity index (χ4n) is 1.87. The fourth-order valence-corrected chi connectivity index (χ4v) is 1.87. The maximum Gasteiger partial charge on any atom is 0.431 e. The smallest absolute Gasteiger partial charge is 0.393 e. The minimum Gasteiger partial charge on any atom is -0.393 e. The van der Waals surface area contributed by atoms with E-state index in [2.05, 4.69) is 4.98 Å². The van der Waals surface area contributed by atoms with Gasteiger partial charge in [0.1, 0.15) is 5.69 Å². The molecule has 0 spiro atoms. The Labute approximate surface area is 96.1 Å². The molecule has 0 aliphatic heterocycles. The van der Waals surface area contributed by atoms with Gasteiger partial charge in [0.2, 0.25) is 0 Å². The molecule has 0 radical (unpaired) electrons. The molecule has 0 bridgehead atoms. The number of aromatic nitrogens is 1. The van der Waals surface area contributed by atoms with Crippen molar-refractivity contribution in [3.05, 3.63) is 35.5 Å². The molecule has 0 aliphatic rings. The first-order valence-electron chi connectivity index (χ1n) is 5.24. The molecule has 1 unspecified atom stereocenters. The van der Waals surface area contributed by atoms with E-state index in [4.69, 9.17) is 0 Å². The van der Waals surface area contributed by atoms with Crippen molar-refractivity contribution in [1.29, 1.82) is 0 Å². The van der Waals surface area contributed by atoms with E-state index in [-0.39, 0.29) is 0 Å². The highest BCUT2D eigenvalue weighted by molar-refractivity contribution is 5.84. The average molecular weight is 243 g/mol. The van der Waals surface area contributed by atoms with Gasteiger partial charge in [-0.1, -0.05) is 12.1 Å². The van der Waals surface area contributed by atoms with Crippen LogP contribution in [0.3, 0.4) is 0 Å². The summed E-state index contributed by atoms with van der Waals surface area (Å²) in [5.41, 5.74) is 0.394. The van der Waals surface area contributed by atoms with Crippen LogP contribution in [0.2, 0.25) is 0 Å². The molecule has 1 aromatic heterocycles. The summed E-state index contributed by atoms with van der Waals surface area (Å²) in [4.78, 5) is 2.34. The molecule has 2 nitrogen and oxygen atoms in total. The topological polar surface area (TPSA) is 36.0 Å². The van der Waals surface area contributed by atoms with E-state index in [0.29, 0.717) is 22.9 Å². The summed E-state index contributed by atoms with van der Waals surface area (Å²) in [7, 11) is 0. The highest BCUT2D eigenvalue weighted by Gasteiger charge is 2.32. The highest BCUT2D eigenvalue weighted by Crippen LogP contribution is 2.32. The summed E-state index contributed by atoms with van der Waals surface area (Å²) in [5.74, 6) is 0. The van der Waals surface area contributed by atoms with Gasteiger partial charge < -0.3 is 10.1 Å². The third-order valence-corrected chi connectivity index (χ3v) is 2.58. The molecule has 0 aliphatic carbocycles. The summed E-state index contributed by atoms with van der Waals surface area (Å²) in [6.45, 7) is 1.61. The van der Waals surface area contributed by atoms with Crippen molar-refractivity contribution in [2.75, 3.05) is 0 Å². The molecule has 0 saturated carbocycles. The zero-order valence-electron chi connectivity index (χ0n) is 9.17.